The van der Waals surface area contributed by atoms with Crippen LogP contribution in [0.2, 0.25) is 0 Å². The van der Waals surface area contributed by atoms with Crippen molar-refractivity contribution in [2.45, 2.75) is 37.9 Å². The number of nitrogens with zero attached hydrogens (tertiary/aromatic N) is 2. The number of carbonyl (C=O) groups excluding carboxylic acids is 2. The number of amides is 2. The van der Waals surface area contributed by atoms with Gasteiger partial charge in [-0.3, -0.25) is 9.59 Å². The fourth-order valence-electron chi connectivity index (χ4n) is 3.62. The minimum atomic E-state index is -1.02. The topological polar surface area (TPSA) is 96.4 Å². The van der Waals surface area contributed by atoms with Gasteiger partial charge >= 0.3 is 5.97 Å². The predicted octanol–water partition coefficient (Wildman–Crippen LogP) is -0.284. The number of carboxylic acid groups (broad SMARTS) is 1. The van der Waals surface area contributed by atoms with Gasteiger partial charge in [-0.25, -0.2) is 4.79 Å². The zero-order valence-corrected chi connectivity index (χ0v) is 13.7. The highest BCUT2D eigenvalue weighted by molar-refractivity contribution is 5.84. The van der Waals surface area contributed by atoms with E-state index in [-0.39, 0.29) is 17.7 Å². The third kappa shape index (κ3) is 3.70. The van der Waals surface area contributed by atoms with E-state index >= 15 is 0 Å². The molecule has 0 saturated carbocycles. The van der Waals surface area contributed by atoms with Crippen LogP contribution in [0.5, 0.6) is 0 Å². The zero-order valence-electron chi connectivity index (χ0n) is 13.7. The molecule has 1 unspecified atom stereocenters. The van der Waals surface area contributed by atoms with Crippen LogP contribution in [-0.4, -0.2) is 84.3 Å². The third-order valence-corrected chi connectivity index (χ3v) is 4.98. The van der Waals surface area contributed by atoms with Crippen LogP contribution < -0.4 is 0 Å². The zero-order chi connectivity index (χ0) is 17.1. The highest BCUT2D eigenvalue weighted by Gasteiger charge is 2.39. The van der Waals surface area contributed by atoms with Crippen molar-refractivity contribution in [3.63, 3.8) is 0 Å². The smallest absolute Gasteiger partial charge is 0.332 e. The Balaban J connectivity index is 1.56. The van der Waals surface area contributed by atoms with Crippen LogP contribution in [0.3, 0.4) is 0 Å². The van der Waals surface area contributed by atoms with Crippen molar-refractivity contribution in [1.82, 2.24) is 9.80 Å². The fraction of sp³-hybridized carbons (Fsp3) is 0.812. The molecule has 8 nitrogen and oxygen atoms in total. The van der Waals surface area contributed by atoms with E-state index in [0.717, 1.165) is 12.8 Å². The molecule has 3 heterocycles. The summed E-state index contributed by atoms with van der Waals surface area (Å²) in [7, 11) is 0. The molecule has 0 bridgehead atoms. The lowest BCUT2D eigenvalue weighted by Gasteiger charge is -2.37. The summed E-state index contributed by atoms with van der Waals surface area (Å²) in [5.41, 5.74) is 0. The predicted molar refractivity (Wildman–Crippen MR) is 82.2 cm³/mol. The molecule has 24 heavy (non-hydrogen) atoms. The van der Waals surface area contributed by atoms with Gasteiger partial charge in [0.15, 0.2) is 6.10 Å². The fourth-order valence-corrected chi connectivity index (χ4v) is 3.62. The van der Waals surface area contributed by atoms with Gasteiger partial charge < -0.3 is 24.4 Å². The molecular formula is C16H24N2O6. The van der Waals surface area contributed by atoms with E-state index in [1.165, 1.54) is 0 Å². The molecule has 0 aromatic heterocycles. The van der Waals surface area contributed by atoms with Crippen LogP contribution in [-0.2, 0) is 23.9 Å². The first-order chi connectivity index (χ1) is 11.6. The van der Waals surface area contributed by atoms with Gasteiger partial charge in [-0.1, -0.05) is 0 Å². The average Bonchev–Trinajstić information content (AvgIpc) is 3.12. The van der Waals surface area contributed by atoms with Crippen LogP contribution >= 0.6 is 0 Å². The Morgan fingerprint density at radius 2 is 1.58 bits per heavy atom. The number of rotatable bonds is 3. The maximum Gasteiger partial charge on any atom is 0.332 e. The lowest BCUT2D eigenvalue weighted by Crippen LogP contribution is -2.51. The molecule has 3 aliphatic rings. The van der Waals surface area contributed by atoms with Crippen molar-refractivity contribution in [1.29, 1.82) is 0 Å². The number of carboxylic acids is 1. The largest absolute Gasteiger partial charge is 0.479 e. The van der Waals surface area contributed by atoms with Crippen molar-refractivity contribution in [3.8, 4) is 0 Å². The first-order valence-corrected chi connectivity index (χ1v) is 8.60. The van der Waals surface area contributed by atoms with Gasteiger partial charge in [0.25, 0.3) is 5.91 Å². The standard InChI is InChI=1S/C16H24N2O6/c19-14(17-6-8-23-9-7-17)11-2-1-5-18(10-11)15(20)12-3-4-13(24-12)16(21)22/h11-13H,1-10H2,(H,21,22)/t11?,12-,13+/m0/s1. The van der Waals surface area contributed by atoms with Gasteiger partial charge in [0.1, 0.15) is 6.10 Å². The van der Waals surface area contributed by atoms with Gasteiger partial charge in [-0.15, -0.1) is 0 Å². The molecule has 0 spiro atoms. The monoisotopic (exact) mass is 340 g/mol. The minimum absolute atomic E-state index is 0.0894. The highest BCUT2D eigenvalue weighted by Crippen LogP contribution is 2.25. The summed E-state index contributed by atoms with van der Waals surface area (Å²) in [5, 5.41) is 8.97. The first kappa shape index (κ1) is 17.2. The van der Waals surface area contributed by atoms with E-state index in [4.69, 9.17) is 14.6 Å². The molecule has 0 aliphatic carbocycles. The highest BCUT2D eigenvalue weighted by atomic mass is 16.5. The summed E-state index contributed by atoms with van der Waals surface area (Å²) >= 11 is 0. The van der Waals surface area contributed by atoms with Gasteiger partial charge in [-0.2, -0.15) is 0 Å². The Morgan fingerprint density at radius 3 is 2.25 bits per heavy atom. The summed E-state index contributed by atoms with van der Waals surface area (Å²) in [6.45, 7) is 3.34. The van der Waals surface area contributed by atoms with Gasteiger partial charge in [0.2, 0.25) is 5.91 Å². The lowest BCUT2D eigenvalue weighted by molar-refractivity contribution is -0.156. The molecule has 0 aromatic rings. The number of aliphatic carboxylic acids is 1. The maximum absolute atomic E-state index is 12.6. The Bertz CT molecular complexity index is 505. The molecule has 3 rings (SSSR count). The molecule has 0 aromatic carbocycles. The average molecular weight is 340 g/mol. The molecule has 3 aliphatic heterocycles. The number of morpholine rings is 1. The summed E-state index contributed by atoms with van der Waals surface area (Å²) in [5.74, 6) is -1.30. The molecule has 1 N–H and O–H groups in total. The molecule has 3 atom stereocenters. The minimum Gasteiger partial charge on any atom is -0.479 e. The van der Waals surface area contributed by atoms with E-state index in [1.807, 2.05) is 4.90 Å². The Morgan fingerprint density at radius 1 is 0.875 bits per heavy atom. The van der Waals surface area contributed by atoms with Crippen LogP contribution in [0.1, 0.15) is 25.7 Å². The second kappa shape index (κ2) is 7.48. The van der Waals surface area contributed by atoms with E-state index in [9.17, 15) is 14.4 Å². The first-order valence-electron chi connectivity index (χ1n) is 8.60. The Kier molecular flexibility index (Phi) is 5.35. The van der Waals surface area contributed by atoms with Crippen LogP contribution in [0, 0.1) is 5.92 Å². The van der Waals surface area contributed by atoms with Crippen molar-refractivity contribution in [2.24, 2.45) is 5.92 Å². The van der Waals surface area contributed by atoms with Gasteiger partial charge in [0, 0.05) is 26.2 Å². The number of piperidine rings is 1. The van der Waals surface area contributed by atoms with Crippen molar-refractivity contribution in [3.05, 3.63) is 0 Å². The normalized spacial score (nSPS) is 31.1. The molecule has 2 amide bonds. The quantitative estimate of drug-likeness (QED) is 0.759. The molecular weight excluding hydrogens is 316 g/mol. The summed E-state index contributed by atoms with van der Waals surface area (Å²) in [4.78, 5) is 39.6. The van der Waals surface area contributed by atoms with Crippen LogP contribution in [0.15, 0.2) is 0 Å². The number of hydrogen-bond donors (Lipinski definition) is 1. The van der Waals surface area contributed by atoms with Crippen molar-refractivity contribution < 1.29 is 29.0 Å². The Labute approximate surface area is 140 Å². The van der Waals surface area contributed by atoms with Crippen LogP contribution in [0.25, 0.3) is 0 Å². The summed E-state index contributed by atoms with van der Waals surface area (Å²) in [6, 6.07) is 0. The van der Waals surface area contributed by atoms with E-state index in [2.05, 4.69) is 0 Å². The number of ether oxygens (including phenoxy) is 2. The second-order valence-corrected chi connectivity index (χ2v) is 6.59. The van der Waals surface area contributed by atoms with Crippen LogP contribution in [0.4, 0.5) is 0 Å². The van der Waals surface area contributed by atoms with Crippen molar-refractivity contribution >= 4 is 17.8 Å². The van der Waals surface area contributed by atoms with E-state index in [1.54, 1.807) is 4.90 Å². The second-order valence-electron chi connectivity index (χ2n) is 6.59. The third-order valence-electron chi connectivity index (χ3n) is 4.98. The van der Waals surface area contributed by atoms with Gasteiger partial charge in [0.05, 0.1) is 19.1 Å². The number of likely N-dealkylation sites (tertiary alicyclic amines) is 1. The number of hydrogen-bond acceptors (Lipinski definition) is 5. The molecule has 134 valence electrons. The number of carbonyl (C=O) groups is 3. The molecule has 8 heteroatoms. The summed E-state index contributed by atoms with van der Waals surface area (Å²) in [6.07, 6.45) is 0.757. The SMILES string of the molecule is O=C(O)[C@H]1CC[C@@H](C(=O)N2CCCC(C(=O)N3CCOCC3)C2)O1. The lowest BCUT2D eigenvalue weighted by atomic mass is 9.95. The summed E-state index contributed by atoms with van der Waals surface area (Å²) < 4.78 is 10.6. The van der Waals surface area contributed by atoms with E-state index in [0.29, 0.717) is 52.2 Å². The maximum atomic E-state index is 12.6. The van der Waals surface area contributed by atoms with Crippen molar-refractivity contribution in [2.75, 3.05) is 39.4 Å². The Hall–Kier alpha value is -1.67. The molecule has 3 saturated heterocycles. The van der Waals surface area contributed by atoms with Gasteiger partial charge in [-0.05, 0) is 25.7 Å². The molecule has 0 radical (unpaired) electrons. The molecule has 3 fully saturated rings. The van der Waals surface area contributed by atoms with E-state index < -0.39 is 18.2 Å².